The summed E-state index contributed by atoms with van der Waals surface area (Å²) < 4.78 is 3.75. The summed E-state index contributed by atoms with van der Waals surface area (Å²) in [6.45, 7) is 0. The fourth-order valence-corrected chi connectivity index (χ4v) is 4.95. The largest absolute Gasteiger partial charge is 0.404 e. The first-order valence-electron chi connectivity index (χ1n) is 11.4. The first-order valence-corrected chi connectivity index (χ1v) is 11.4. The molecule has 1 aliphatic rings. The molecule has 0 radical (unpaired) electrons. The van der Waals surface area contributed by atoms with E-state index in [1.54, 1.807) is 17.8 Å². The number of hydrogen-bond donors (Lipinski definition) is 1. The maximum absolute atomic E-state index is 13.2. The van der Waals surface area contributed by atoms with Crippen LogP contribution in [0.5, 0.6) is 0 Å². The Labute approximate surface area is 192 Å². The van der Waals surface area contributed by atoms with Gasteiger partial charge in [-0.1, -0.05) is 31.4 Å². The van der Waals surface area contributed by atoms with Gasteiger partial charge in [0.05, 0.1) is 28.4 Å². The average Bonchev–Trinajstić information content (AvgIpc) is 3.13. The lowest BCUT2D eigenvalue weighted by molar-refractivity contribution is 0.351. The van der Waals surface area contributed by atoms with Crippen LogP contribution < -0.4 is 11.4 Å². The molecule has 168 valence electrons. The van der Waals surface area contributed by atoms with Gasteiger partial charge in [-0.25, -0.2) is 4.79 Å². The standard InChI is InChI=1S/C26H28N6O/c1-28-14-19(13-27)22-10-9-18(15-29-22)17-8-11-23-21(12-17)25-24(16-30-23)31(2)26(33)32(25)20-6-4-3-5-7-20/h8-16,20H,3-7,27H2,1-2H3. The van der Waals surface area contributed by atoms with Crippen molar-refractivity contribution in [1.82, 2.24) is 19.1 Å². The highest BCUT2D eigenvalue weighted by Gasteiger charge is 2.23. The Kier molecular flexibility index (Phi) is 5.54. The number of imidazole rings is 1. The molecule has 3 heterocycles. The maximum Gasteiger partial charge on any atom is 0.329 e. The van der Waals surface area contributed by atoms with Gasteiger partial charge >= 0.3 is 5.69 Å². The van der Waals surface area contributed by atoms with Crippen molar-refractivity contribution in [2.45, 2.75) is 38.1 Å². The monoisotopic (exact) mass is 440 g/mol. The molecule has 7 nitrogen and oxygen atoms in total. The summed E-state index contributed by atoms with van der Waals surface area (Å²) in [5, 5.41) is 0.998. The van der Waals surface area contributed by atoms with E-state index in [1.165, 1.54) is 25.5 Å². The van der Waals surface area contributed by atoms with Gasteiger partial charge in [0.1, 0.15) is 0 Å². The van der Waals surface area contributed by atoms with E-state index in [1.807, 2.05) is 42.2 Å². The predicted molar refractivity (Wildman–Crippen MR) is 134 cm³/mol. The summed E-state index contributed by atoms with van der Waals surface area (Å²) in [5.41, 5.74) is 12.1. The number of pyridine rings is 2. The normalized spacial score (nSPS) is 15.8. The van der Waals surface area contributed by atoms with E-state index < -0.39 is 0 Å². The van der Waals surface area contributed by atoms with Gasteiger partial charge in [-0.2, -0.15) is 0 Å². The molecular weight excluding hydrogens is 412 g/mol. The minimum Gasteiger partial charge on any atom is -0.404 e. The Morgan fingerprint density at radius 2 is 1.88 bits per heavy atom. The molecule has 1 saturated carbocycles. The van der Waals surface area contributed by atoms with Crippen LogP contribution in [0.4, 0.5) is 0 Å². The Hall–Kier alpha value is -3.74. The van der Waals surface area contributed by atoms with E-state index in [-0.39, 0.29) is 11.7 Å². The zero-order valence-corrected chi connectivity index (χ0v) is 19.0. The van der Waals surface area contributed by atoms with Crippen LogP contribution in [0.1, 0.15) is 43.8 Å². The quantitative estimate of drug-likeness (QED) is 0.475. The smallest absolute Gasteiger partial charge is 0.329 e. The molecule has 1 fully saturated rings. The molecule has 7 heteroatoms. The highest BCUT2D eigenvalue weighted by atomic mass is 16.1. The van der Waals surface area contributed by atoms with Crippen LogP contribution in [0.15, 0.2) is 58.7 Å². The first-order chi connectivity index (χ1) is 16.1. The second-order valence-electron chi connectivity index (χ2n) is 8.67. The van der Waals surface area contributed by atoms with E-state index in [0.29, 0.717) is 0 Å². The number of rotatable bonds is 4. The zero-order valence-electron chi connectivity index (χ0n) is 19.0. The molecule has 2 N–H and O–H groups in total. The highest BCUT2D eigenvalue weighted by Crippen LogP contribution is 2.34. The second kappa shape index (κ2) is 8.65. The highest BCUT2D eigenvalue weighted by molar-refractivity contribution is 6.09. The number of aryl methyl sites for hydroxylation is 1. The number of fused-ring (bicyclic) bond motifs is 3. The average molecular weight is 441 g/mol. The Bertz CT molecular complexity index is 1440. The number of aliphatic imine (C=N–C) groups is 1. The summed E-state index contributed by atoms with van der Waals surface area (Å²) in [7, 11) is 3.55. The summed E-state index contributed by atoms with van der Waals surface area (Å²) in [6, 6.07) is 10.4. The number of nitrogens with two attached hydrogens (primary N) is 1. The van der Waals surface area contributed by atoms with Gasteiger partial charge in [-0.15, -0.1) is 0 Å². The summed E-state index contributed by atoms with van der Waals surface area (Å²) >= 11 is 0. The Balaban J connectivity index is 1.66. The van der Waals surface area contributed by atoms with Gasteiger partial charge in [0.15, 0.2) is 0 Å². The van der Waals surface area contributed by atoms with E-state index >= 15 is 0 Å². The third kappa shape index (κ3) is 3.63. The van der Waals surface area contributed by atoms with Crippen LogP contribution in [-0.4, -0.2) is 32.4 Å². The molecule has 33 heavy (non-hydrogen) atoms. The van der Waals surface area contributed by atoms with Crippen molar-refractivity contribution in [3.05, 3.63) is 65.1 Å². The van der Waals surface area contributed by atoms with Crippen molar-refractivity contribution in [3.63, 3.8) is 0 Å². The van der Waals surface area contributed by atoms with Crippen molar-refractivity contribution >= 4 is 33.7 Å². The van der Waals surface area contributed by atoms with Gasteiger partial charge in [0.25, 0.3) is 0 Å². The van der Waals surface area contributed by atoms with Crippen LogP contribution in [0, 0.1) is 0 Å². The fourth-order valence-electron chi connectivity index (χ4n) is 4.95. The van der Waals surface area contributed by atoms with Gasteiger partial charge in [0.2, 0.25) is 0 Å². The van der Waals surface area contributed by atoms with E-state index in [0.717, 1.165) is 57.2 Å². The molecule has 0 atom stereocenters. The maximum atomic E-state index is 13.2. The van der Waals surface area contributed by atoms with Crippen molar-refractivity contribution in [2.75, 3.05) is 7.05 Å². The molecule has 4 aromatic rings. The van der Waals surface area contributed by atoms with Crippen molar-refractivity contribution in [1.29, 1.82) is 0 Å². The molecule has 0 aliphatic heterocycles. The molecule has 1 aliphatic carbocycles. The summed E-state index contributed by atoms with van der Waals surface area (Å²) in [4.78, 5) is 26.5. The number of hydrogen-bond acceptors (Lipinski definition) is 5. The van der Waals surface area contributed by atoms with Gasteiger partial charge in [-0.3, -0.25) is 24.1 Å². The molecule has 0 bridgehead atoms. The lowest BCUT2D eigenvalue weighted by Gasteiger charge is -2.23. The second-order valence-corrected chi connectivity index (χ2v) is 8.67. The lowest BCUT2D eigenvalue weighted by atomic mass is 9.95. The van der Waals surface area contributed by atoms with Crippen LogP contribution in [0.2, 0.25) is 0 Å². The van der Waals surface area contributed by atoms with Crippen LogP contribution >= 0.6 is 0 Å². The van der Waals surface area contributed by atoms with Crippen molar-refractivity contribution in [2.24, 2.45) is 17.8 Å². The molecular formula is C26H28N6O. The number of allylic oxidation sites excluding steroid dienone is 1. The predicted octanol–water partition coefficient (Wildman–Crippen LogP) is 4.46. The molecule has 1 aromatic carbocycles. The lowest BCUT2D eigenvalue weighted by Crippen LogP contribution is -2.27. The minimum absolute atomic E-state index is 0.0429. The molecule has 0 amide bonds. The van der Waals surface area contributed by atoms with E-state index in [9.17, 15) is 4.79 Å². The topological polar surface area (TPSA) is 91.1 Å². The zero-order chi connectivity index (χ0) is 22.9. The van der Waals surface area contributed by atoms with Crippen molar-refractivity contribution < 1.29 is 0 Å². The van der Waals surface area contributed by atoms with Crippen molar-refractivity contribution in [3.8, 4) is 11.1 Å². The van der Waals surface area contributed by atoms with E-state index in [2.05, 4.69) is 27.1 Å². The minimum atomic E-state index is 0.0429. The van der Waals surface area contributed by atoms with Crippen LogP contribution in [0.25, 0.3) is 38.6 Å². The number of nitrogens with zero attached hydrogens (tertiary/aromatic N) is 5. The first kappa shape index (κ1) is 21.1. The summed E-state index contributed by atoms with van der Waals surface area (Å²) in [5.74, 6) is 0. The third-order valence-corrected chi connectivity index (χ3v) is 6.70. The van der Waals surface area contributed by atoms with E-state index in [4.69, 9.17) is 5.73 Å². The van der Waals surface area contributed by atoms with Crippen LogP contribution in [0.3, 0.4) is 0 Å². The summed E-state index contributed by atoms with van der Waals surface area (Å²) in [6.07, 6.45) is 12.5. The van der Waals surface area contributed by atoms with Gasteiger partial charge in [0, 0.05) is 55.3 Å². The Morgan fingerprint density at radius 3 is 2.58 bits per heavy atom. The third-order valence-electron chi connectivity index (χ3n) is 6.70. The van der Waals surface area contributed by atoms with Gasteiger partial charge < -0.3 is 5.73 Å². The fraction of sp³-hybridized carbons (Fsp3) is 0.308. The Morgan fingerprint density at radius 1 is 1.09 bits per heavy atom. The van der Waals surface area contributed by atoms with Crippen LogP contribution in [-0.2, 0) is 7.05 Å². The molecule has 0 spiro atoms. The SMILES string of the molecule is CN=CC(=CN)c1ccc(-c2ccc3ncc4c(c3c2)n(C2CCCCC2)c(=O)n4C)cn1. The molecule has 3 aromatic heterocycles. The molecule has 0 saturated heterocycles. The number of aromatic nitrogens is 4. The van der Waals surface area contributed by atoms with Gasteiger partial charge in [-0.05, 0) is 36.6 Å². The molecule has 5 rings (SSSR count). The molecule has 0 unspecified atom stereocenters. The number of benzene rings is 1.